The van der Waals surface area contributed by atoms with Crippen LogP contribution >= 0.6 is 0 Å². The van der Waals surface area contributed by atoms with Crippen LogP contribution in [-0.4, -0.2) is 60.3 Å². The van der Waals surface area contributed by atoms with E-state index < -0.39 is 12.2 Å². The van der Waals surface area contributed by atoms with Crippen LogP contribution in [0.2, 0.25) is 0 Å². The van der Waals surface area contributed by atoms with Gasteiger partial charge >= 0.3 is 0 Å². The van der Waals surface area contributed by atoms with Crippen molar-refractivity contribution in [1.29, 1.82) is 0 Å². The molecule has 1 aromatic carbocycles. The lowest BCUT2D eigenvalue weighted by atomic mass is 10.1. The van der Waals surface area contributed by atoms with Crippen molar-refractivity contribution >= 4 is 16.7 Å². The second-order valence-corrected chi connectivity index (χ2v) is 6.09. The van der Waals surface area contributed by atoms with E-state index in [-0.39, 0.29) is 12.1 Å². The molecule has 2 unspecified atom stereocenters. The maximum atomic E-state index is 13.1. The van der Waals surface area contributed by atoms with Gasteiger partial charge in [0.05, 0.1) is 24.3 Å². The number of likely N-dealkylation sites (N-methyl/N-ethyl adjacent to an activating group) is 1. The number of rotatable bonds is 2. The first-order chi connectivity index (χ1) is 11.1. The van der Waals surface area contributed by atoms with E-state index in [2.05, 4.69) is 21.9 Å². The summed E-state index contributed by atoms with van der Waals surface area (Å²) in [4.78, 5) is 12.5. The van der Waals surface area contributed by atoms with Crippen molar-refractivity contribution in [1.82, 2.24) is 14.9 Å². The number of ether oxygens (including phenoxy) is 1. The number of fused-ring (bicyclic) bond motifs is 2. The Morgan fingerprint density at radius 1 is 1.22 bits per heavy atom. The Hall–Kier alpha value is -1.86. The molecule has 4 rings (SSSR count). The van der Waals surface area contributed by atoms with Crippen molar-refractivity contribution < 1.29 is 13.5 Å². The van der Waals surface area contributed by atoms with Crippen LogP contribution in [0.5, 0.6) is 0 Å². The summed E-state index contributed by atoms with van der Waals surface area (Å²) in [5.41, 5.74) is 0.553. The van der Waals surface area contributed by atoms with Crippen LogP contribution in [0, 0.1) is 0 Å². The summed E-state index contributed by atoms with van der Waals surface area (Å²) in [5, 5.41) is 0.804. The van der Waals surface area contributed by atoms with Crippen molar-refractivity contribution in [2.24, 2.45) is 0 Å². The monoisotopic (exact) mass is 320 g/mol. The predicted molar refractivity (Wildman–Crippen MR) is 82.9 cm³/mol. The van der Waals surface area contributed by atoms with Gasteiger partial charge in [0.25, 0.3) is 6.43 Å². The number of anilines is 1. The van der Waals surface area contributed by atoms with Crippen LogP contribution in [0.3, 0.4) is 0 Å². The van der Waals surface area contributed by atoms with Crippen molar-refractivity contribution in [3.63, 3.8) is 0 Å². The number of nitrogens with zero attached hydrogens (tertiary/aromatic N) is 4. The highest BCUT2D eigenvalue weighted by molar-refractivity contribution is 5.89. The van der Waals surface area contributed by atoms with Crippen molar-refractivity contribution in [3.8, 4) is 0 Å². The molecule has 0 amide bonds. The van der Waals surface area contributed by atoms with Gasteiger partial charge in [-0.2, -0.15) is 0 Å². The molecule has 0 radical (unpaired) electrons. The molecule has 2 fully saturated rings. The number of hydrogen-bond donors (Lipinski definition) is 0. The lowest BCUT2D eigenvalue weighted by molar-refractivity contribution is -0.0362. The number of alkyl halides is 2. The summed E-state index contributed by atoms with van der Waals surface area (Å²) >= 11 is 0. The van der Waals surface area contributed by atoms with Crippen molar-refractivity contribution in [3.05, 3.63) is 30.1 Å². The molecular weight excluding hydrogens is 302 g/mol. The number of aromatic nitrogens is 2. The first-order valence-electron chi connectivity index (χ1n) is 7.75. The van der Waals surface area contributed by atoms with Crippen LogP contribution in [0.4, 0.5) is 14.6 Å². The Morgan fingerprint density at radius 3 is 2.83 bits per heavy atom. The summed E-state index contributed by atoms with van der Waals surface area (Å²) in [6.45, 7) is 2.99. The summed E-state index contributed by atoms with van der Waals surface area (Å²) in [5.74, 6) is 0.167. The summed E-state index contributed by atoms with van der Waals surface area (Å²) in [6.07, 6.45) is -2.58. The van der Waals surface area contributed by atoms with Crippen molar-refractivity contribution in [2.45, 2.75) is 18.6 Å². The second kappa shape index (κ2) is 5.65. The Labute approximate surface area is 132 Å². The molecular formula is C16H18F2N4O. The standard InChI is InChI=1S/C16H18F2N4O/c1-21-6-7-23-13-9-22(8-12(13)21)16-10-4-2-3-5-11(10)19-15(20-16)14(17)18/h2-5,12-14H,6-9H2,1H3. The van der Waals surface area contributed by atoms with Crippen LogP contribution < -0.4 is 4.90 Å². The predicted octanol–water partition coefficient (Wildman–Crippen LogP) is 2.09. The van der Waals surface area contributed by atoms with Crippen LogP contribution in [0.25, 0.3) is 10.9 Å². The lowest BCUT2D eigenvalue weighted by Crippen LogP contribution is -2.48. The largest absolute Gasteiger partial charge is 0.373 e. The molecule has 0 aliphatic carbocycles. The number of hydrogen-bond acceptors (Lipinski definition) is 5. The van der Waals surface area contributed by atoms with Crippen LogP contribution in [0.1, 0.15) is 12.2 Å². The van der Waals surface area contributed by atoms with Gasteiger partial charge in [0, 0.05) is 25.0 Å². The van der Waals surface area contributed by atoms with Gasteiger partial charge in [-0.25, -0.2) is 18.7 Å². The molecule has 2 saturated heterocycles. The molecule has 23 heavy (non-hydrogen) atoms. The smallest absolute Gasteiger partial charge is 0.297 e. The molecule has 0 saturated carbocycles. The van der Waals surface area contributed by atoms with Crippen LogP contribution in [0.15, 0.2) is 24.3 Å². The second-order valence-electron chi connectivity index (χ2n) is 6.09. The highest BCUT2D eigenvalue weighted by Crippen LogP contribution is 2.31. The summed E-state index contributed by atoms with van der Waals surface area (Å²) < 4.78 is 32.1. The molecule has 2 aliphatic rings. The van der Waals surface area contributed by atoms with Gasteiger partial charge in [-0.05, 0) is 19.2 Å². The molecule has 0 bridgehead atoms. The minimum atomic E-state index is -2.68. The van der Waals surface area contributed by atoms with Gasteiger partial charge in [-0.15, -0.1) is 0 Å². The zero-order chi connectivity index (χ0) is 16.0. The molecule has 122 valence electrons. The molecule has 2 aromatic rings. The highest BCUT2D eigenvalue weighted by atomic mass is 19.3. The fraction of sp³-hybridized carbons (Fsp3) is 0.500. The molecule has 1 aromatic heterocycles. The molecule has 0 N–H and O–H groups in total. The topological polar surface area (TPSA) is 41.5 Å². The Morgan fingerprint density at radius 2 is 2.04 bits per heavy atom. The van der Waals surface area contributed by atoms with E-state index >= 15 is 0 Å². The van der Waals surface area contributed by atoms with E-state index in [4.69, 9.17) is 4.74 Å². The summed E-state index contributed by atoms with van der Waals surface area (Å²) in [7, 11) is 2.08. The van der Waals surface area contributed by atoms with Gasteiger partial charge in [0.2, 0.25) is 0 Å². The Balaban J connectivity index is 1.76. The fourth-order valence-corrected chi connectivity index (χ4v) is 3.45. The first kappa shape index (κ1) is 14.7. The number of benzene rings is 1. The van der Waals surface area contributed by atoms with Gasteiger partial charge < -0.3 is 9.64 Å². The number of morpholine rings is 1. The van der Waals surface area contributed by atoms with E-state index in [1.807, 2.05) is 17.0 Å². The third-order valence-corrected chi connectivity index (χ3v) is 4.67. The first-order valence-corrected chi connectivity index (χ1v) is 7.75. The Kier molecular flexibility index (Phi) is 3.61. The maximum absolute atomic E-state index is 13.1. The minimum Gasteiger partial charge on any atom is -0.373 e. The molecule has 2 atom stereocenters. The van der Waals surface area contributed by atoms with Gasteiger partial charge in [-0.1, -0.05) is 12.1 Å². The number of para-hydroxylation sites is 1. The quantitative estimate of drug-likeness (QED) is 0.847. The maximum Gasteiger partial charge on any atom is 0.297 e. The van der Waals surface area contributed by atoms with E-state index in [0.29, 0.717) is 24.5 Å². The SMILES string of the molecule is CN1CCOC2CN(c3nc(C(F)F)nc4ccccc34)CC21. The van der Waals surface area contributed by atoms with E-state index in [0.717, 1.165) is 18.5 Å². The molecule has 3 heterocycles. The molecule has 2 aliphatic heterocycles. The molecule has 0 spiro atoms. The van der Waals surface area contributed by atoms with Gasteiger partial charge in [0.15, 0.2) is 5.82 Å². The van der Waals surface area contributed by atoms with Gasteiger partial charge in [0.1, 0.15) is 5.82 Å². The van der Waals surface area contributed by atoms with Crippen molar-refractivity contribution in [2.75, 3.05) is 38.2 Å². The van der Waals surface area contributed by atoms with E-state index in [1.165, 1.54) is 0 Å². The zero-order valence-electron chi connectivity index (χ0n) is 12.8. The Bertz CT molecular complexity index is 726. The van der Waals surface area contributed by atoms with E-state index in [9.17, 15) is 8.78 Å². The normalized spacial score (nSPS) is 25.3. The zero-order valence-corrected chi connectivity index (χ0v) is 12.8. The molecule has 7 heteroatoms. The average Bonchev–Trinajstić information content (AvgIpc) is 2.99. The number of halogens is 2. The minimum absolute atomic E-state index is 0.0949. The van der Waals surface area contributed by atoms with E-state index in [1.54, 1.807) is 12.1 Å². The lowest BCUT2D eigenvalue weighted by Gasteiger charge is -2.33. The van der Waals surface area contributed by atoms with Gasteiger partial charge in [-0.3, -0.25) is 4.90 Å². The fourth-order valence-electron chi connectivity index (χ4n) is 3.45. The highest BCUT2D eigenvalue weighted by Gasteiger charge is 2.39. The molecule has 5 nitrogen and oxygen atoms in total. The third kappa shape index (κ3) is 2.53. The third-order valence-electron chi connectivity index (χ3n) is 4.67. The average molecular weight is 320 g/mol. The van der Waals surface area contributed by atoms with Crippen LogP contribution in [-0.2, 0) is 4.74 Å². The summed E-state index contributed by atoms with van der Waals surface area (Å²) in [6, 6.07) is 7.58.